The van der Waals surface area contributed by atoms with E-state index in [4.69, 9.17) is 51.1 Å². The molecule has 10 nitrogen and oxygen atoms in total. The minimum absolute atomic E-state index is 0.0102. The SMILES string of the molecule is CCCCc1ccc(B2OCc3cc(F)ccc32)cc1.CCc1cc(B2OCc3cc(F)ccc32)ccc1Cl.CN(C)CCc1ccc(B2OCc3cc(F)ccc32)cc1.CN(C)Cc1ccc(B2OCc3cc(F)ccc32)cc1Cl.CN(C)c1cccc(B2OCc3cc(F)ccc32)c1.Cc1ccc(CO)cc1B1OCc2cc(F)ccc21. The second-order valence-electron chi connectivity index (χ2n) is 31.5. The van der Waals surface area contributed by atoms with Crippen LogP contribution < -0.4 is 70.5 Å². The van der Waals surface area contributed by atoms with Crippen LogP contribution in [0.1, 0.15) is 93.5 Å². The minimum Gasteiger partial charge on any atom is -0.423 e. The monoisotopic (exact) mass is 1640 g/mol. The van der Waals surface area contributed by atoms with Gasteiger partial charge in [0.15, 0.2) is 0 Å². The van der Waals surface area contributed by atoms with Crippen LogP contribution in [-0.2, 0) is 100.0 Å². The molecule has 6 aliphatic rings. The van der Waals surface area contributed by atoms with E-state index in [1.807, 2.05) is 114 Å². The number of aliphatic hydroxyl groups excluding tert-OH is 1. The number of hydrogen-bond acceptors (Lipinski definition) is 10. The average molecular weight is 1640 g/mol. The van der Waals surface area contributed by atoms with Crippen LogP contribution in [0.25, 0.3) is 0 Å². The van der Waals surface area contributed by atoms with E-state index >= 15 is 0 Å². The van der Waals surface area contributed by atoms with E-state index in [2.05, 4.69) is 115 Å². The Kier molecular flexibility index (Phi) is 30.0. The van der Waals surface area contributed by atoms with Gasteiger partial charge in [0.25, 0.3) is 0 Å². The molecule has 18 rings (SSSR count). The number of rotatable bonds is 17. The Hall–Kier alpha value is -9.37. The number of halogens is 8. The van der Waals surface area contributed by atoms with Crippen molar-refractivity contribution in [3.8, 4) is 0 Å². The molecule has 24 heteroatoms. The lowest BCUT2D eigenvalue weighted by Crippen LogP contribution is -2.42. The summed E-state index contributed by atoms with van der Waals surface area (Å²) >= 11 is 12.5. The van der Waals surface area contributed by atoms with E-state index in [-0.39, 0.29) is 83.0 Å². The Labute approximate surface area is 708 Å². The highest BCUT2D eigenvalue weighted by molar-refractivity contribution is 6.84. The fourth-order valence-corrected chi connectivity index (χ4v) is 16.2. The molecule has 119 heavy (non-hydrogen) atoms. The van der Waals surface area contributed by atoms with Gasteiger partial charge in [-0.15, -0.1) is 0 Å². The second-order valence-corrected chi connectivity index (χ2v) is 32.3. The fourth-order valence-electron chi connectivity index (χ4n) is 15.7. The molecule has 0 bridgehead atoms. The van der Waals surface area contributed by atoms with E-state index in [0.717, 1.165) is 169 Å². The molecule has 0 fully saturated rings. The molecule has 0 radical (unpaired) electrons. The van der Waals surface area contributed by atoms with Gasteiger partial charge in [-0.2, -0.15) is 0 Å². The molecule has 0 amide bonds. The van der Waals surface area contributed by atoms with Crippen molar-refractivity contribution in [3.63, 3.8) is 0 Å². The number of aliphatic hydroxyl groups is 1. The number of fused-ring (bicyclic) bond motifs is 6. The van der Waals surface area contributed by atoms with Crippen molar-refractivity contribution in [3.05, 3.63) is 348 Å². The summed E-state index contributed by atoms with van der Waals surface area (Å²) in [6.45, 7) is 10.3. The first-order chi connectivity index (χ1) is 57.5. The molecule has 0 spiro atoms. The minimum atomic E-state index is -0.233. The van der Waals surface area contributed by atoms with Gasteiger partial charge in [0.2, 0.25) is 0 Å². The van der Waals surface area contributed by atoms with Gasteiger partial charge in [-0.05, 0) is 285 Å². The average Bonchev–Trinajstić information content (AvgIpc) is 1.71. The zero-order valence-electron chi connectivity index (χ0n) is 68.6. The highest BCUT2D eigenvalue weighted by Crippen LogP contribution is 2.24. The van der Waals surface area contributed by atoms with Gasteiger partial charge in [-0.25, -0.2) is 26.3 Å². The van der Waals surface area contributed by atoms with Gasteiger partial charge in [-0.3, -0.25) is 0 Å². The maximum atomic E-state index is 13.2. The lowest BCUT2D eigenvalue weighted by molar-refractivity contribution is 0.282. The Balaban J connectivity index is 0.000000124. The quantitative estimate of drug-likeness (QED) is 0.0703. The molecule has 0 saturated heterocycles. The largest absolute Gasteiger partial charge is 0.423 e. The third-order valence-electron chi connectivity index (χ3n) is 22.1. The van der Waals surface area contributed by atoms with Crippen molar-refractivity contribution in [2.75, 3.05) is 53.7 Å². The molecule has 0 atom stereocenters. The van der Waals surface area contributed by atoms with Crippen molar-refractivity contribution >= 4 is 136 Å². The summed E-state index contributed by atoms with van der Waals surface area (Å²) in [5, 5.41) is 10.8. The van der Waals surface area contributed by atoms with E-state index < -0.39 is 0 Å². The number of aryl methyl sites for hydroxylation is 3. The Morgan fingerprint density at radius 1 is 0.345 bits per heavy atom. The van der Waals surface area contributed by atoms with E-state index in [0.29, 0.717) is 39.6 Å². The van der Waals surface area contributed by atoms with Gasteiger partial charge in [-0.1, -0.05) is 189 Å². The van der Waals surface area contributed by atoms with Crippen molar-refractivity contribution in [2.45, 2.75) is 106 Å². The summed E-state index contributed by atoms with van der Waals surface area (Å²) in [6.07, 6.45) is 5.49. The van der Waals surface area contributed by atoms with Gasteiger partial charge < -0.3 is 47.7 Å². The topological polar surface area (TPSA) is 85.3 Å². The predicted molar refractivity (Wildman–Crippen MR) is 479 cm³/mol. The maximum Gasteiger partial charge on any atom is 0.362 e. The number of hydrogen-bond donors (Lipinski definition) is 1. The highest BCUT2D eigenvalue weighted by atomic mass is 35.5. The normalized spacial score (nSPS) is 13.7. The summed E-state index contributed by atoms with van der Waals surface area (Å²) in [4.78, 5) is 6.31. The van der Waals surface area contributed by atoms with Gasteiger partial charge in [0, 0.05) is 42.9 Å². The summed E-state index contributed by atoms with van der Waals surface area (Å²) < 4.78 is 114. The van der Waals surface area contributed by atoms with Crippen LogP contribution in [0.3, 0.4) is 0 Å². The number of nitrogens with zero attached hydrogens (tertiary/aromatic N) is 3. The molecule has 606 valence electrons. The third kappa shape index (κ3) is 22.1. The number of likely N-dealkylation sites (N-methyl/N-ethyl adjacent to an activating group) is 1. The number of anilines is 1. The Morgan fingerprint density at radius 3 is 1.10 bits per heavy atom. The van der Waals surface area contributed by atoms with Crippen LogP contribution >= 0.6 is 23.2 Å². The van der Waals surface area contributed by atoms with Crippen LogP contribution in [0.5, 0.6) is 0 Å². The van der Waals surface area contributed by atoms with Gasteiger partial charge >= 0.3 is 41.5 Å². The van der Waals surface area contributed by atoms with Crippen LogP contribution in [0.2, 0.25) is 10.0 Å². The standard InChI is InChI=1S/C17H19BFNO.C17H18BFO.C16H16BClFNO.C15H13BClFO.C15H15BFNO.C15H14BFO2/c1-20(2)10-9-13-3-5-15(6-4-13)18-17-8-7-16(19)11-14(17)12-21-18;1-2-3-4-13-5-7-15(8-6-13)18-17-10-9-16(19)11-14(17)12-20-18;1-20(2)9-11-3-4-13(8-16(11)18)17-15-6-5-14(19)7-12(15)10-21-17;1-2-10-7-12(3-6-15(10)17)16-14-5-4-13(18)8-11(14)9-19-16;1-18(2)14-5-3-4-12(9-14)16-15-7-6-13(17)8-11(15)10-19-16;1-10-2-3-11(8-18)6-15(10)16-14-5-4-13(17)7-12(14)9-19-16/h3-8,11H,9-10,12H2,1-2H3;5-11H,2-4,12H2,1H3;3-8H,9-10H2,1-2H3;3-8H,2,9H2,1H3;3-9H,10H2,1-2H3;2-7,18H,8-9H2,1H3. The first-order valence-electron chi connectivity index (χ1n) is 40.4. The third-order valence-corrected chi connectivity index (χ3v) is 22.8. The Morgan fingerprint density at radius 2 is 0.714 bits per heavy atom. The van der Waals surface area contributed by atoms with E-state index in [1.165, 1.54) is 72.5 Å². The summed E-state index contributed by atoms with van der Waals surface area (Å²) in [5.74, 6) is -1.26. The van der Waals surface area contributed by atoms with Crippen molar-refractivity contribution < 1.29 is 59.4 Å². The maximum absolute atomic E-state index is 13.2. The highest BCUT2D eigenvalue weighted by Gasteiger charge is 2.36. The van der Waals surface area contributed by atoms with Crippen LogP contribution in [0.15, 0.2) is 237 Å². The first-order valence-corrected chi connectivity index (χ1v) is 41.1. The lowest BCUT2D eigenvalue weighted by atomic mass is 9.54. The molecule has 0 aliphatic carbocycles. The smallest absolute Gasteiger partial charge is 0.362 e. The summed E-state index contributed by atoms with van der Waals surface area (Å²) in [5.41, 5.74) is 26.4. The predicted octanol–water partition coefficient (Wildman–Crippen LogP) is 12.0. The molecule has 12 aromatic rings. The van der Waals surface area contributed by atoms with Crippen LogP contribution in [0, 0.1) is 41.8 Å². The summed E-state index contributed by atoms with van der Waals surface area (Å²) in [6, 6.07) is 72.4. The number of unbranched alkanes of at least 4 members (excludes halogenated alkanes) is 1. The Bertz CT molecular complexity index is 5510. The van der Waals surface area contributed by atoms with Crippen molar-refractivity contribution in [2.24, 2.45) is 0 Å². The molecule has 0 unspecified atom stereocenters. The van der Waals surface area contributed by atoms with Crippen LogP contribution in [0.4, 0.5) is 32.0 Å². The van der Waals surface area contributed by atoms with Gasteiger partial charge in [0.1, 0.15) is 34.9 Å². The molecule has 0 saturated carbocycles. The van der Waals surface area contributed by atoms with Crippen LogP contribution in [-0.4, -0.2) is 105 Å². The molecular formula is C95H95B6Cl2F6N3O7. The van der Waals surface area contributed by atoms with Crippen molar-refractivity contribution in [1.82, 2.24) is 9.80 Å². The van der Waals surface area contributed by atoms with Gasteiger partial charge in [0.05, 0.1) is 46.2 Å². The zero-order chi connectivity index (χ0) is 84.0. The first kappa shape index (κ1) is 87.4. The molecule has 0 aromatic heterocycles. The molecule has 1 N–H and O–H groups in total. The van der Waals surface area contributed by atoms with E-state index in [1.54, 1.807) is 36.4 Å². The number of benzene rings is 12. The van der Waals surface area contributed by atoms with E-state index in [9.17, 15) is 31.4 Å². The molecule has 6 heterocycles. The molecule has 12 aromatic carbocycles. The summed E-state index contributed by atoms with van der Waals surface area (Å²) in [7, 11) is 12.2. The van der Waals surface area contributed by atoms with Crippen molar-refractivity contribution in [1.29, 1.82) is 0 Å². The zero-order valence-corrected chi connectivity index (χ0v) is 70.2. The molecular weight excluding hydrogens is 1540 g/mol. The molecule has 6 aliphatic heterocycles. The lowest BCUT2D eigenvalue weighted by Gasteiger charge is -2.15. The second kappa shape index (κ2) is 40.8. The fraction of sp³-hybridized carbons (Fsp3) is 0.242.